The number of aromatic nitrogens is 3. The molecule has 0 aliphatic carbocycles. The van der Waals surface area contributed by atoms with E-state index in [9.17, 15) is 0 Å². The molecule has 0 saturated heterocycles. The Balaban J connectivity index is 1.59. The smallest absolute Gasteiger partial charge is 0.0894 e. The maximum atomic E-state index is 4.05. The van der Waals surface area contributed by atoms with Gasteiger partial charge >= 0.3 is 0 Å². The average Bonchev–Trinajstić information content (AvgIpc) is 3.07. The molecule has 2 aromatic carbocycles. The van der Waals surface area contributed by atoms with Crippen LogP contribution >= 0.6 is 0 Å². The molecule has 0 saturated carbocycles. The number of aryl methyl sites for hydroxylation is 1. The van der Waals surface area contributed by atoms with Crippen molar-refractivity contribution < 1.29 is 0 Å². The number of nitrogens with zero attached hydrogens (tertiary/aromatic N) is 3. The van der Waals surface area contributed by atoms with Crippen LogP contribution in [0.2, 0.25) is 0 Å². The van der Waals surface area contributed by atoms with Crippen LogP contribution in [0.5, 0.6) is 0 Å². The SMILES string of the molecule is c1ccc(CCCNc2ccccc2-n2ccnn2)cc1. The molecule has 1 aromatic heterocycles. The second kappa shape index (κ2) is 6.70. The summed E-state index contributed by atoms with van der Waals surface area (Å²) in [6.45, 7) is 0.931. The molecule has 0 aliphatic heterocycles. The van der Waals surface area contributed by atoms with E-state index in [-0.39, 0.29) is 0 Å². The van der Waals surface area contributed by atoms with E-state index in [1.807, 2.05) is 24.4 Å². The van der Waals surface area contributed by atoms with E-state index in [4.69, 9.17) is 0 Å². The fourth-order valence-electron chi connectivity index (χ4n) is 2.32. The van der Waals surface area contributed by atoms with Crippen molar-refractivity contribution in [2.45, 2.75) is 12.8 Å². The van der Waals surface area contributed by atoms with Crippen LogP contribution in [0, 0.1) is 0 Å². The predicted molar refractivity (Wildman–Crippen MR) is 84.6 cm³/mol. The Morgan fingerprint density at radius 2 is 1.76 bits per heavy atom. The summed E-state index contributed by atoms with van der Waals surface area (Å²) in [5.74, 6) is 0. The van der Waals surface area contributed by atoms with E-state index in [0.717, 1.165) is 30.8 Å². The van der Waals surface area contributed by atoms with Crippen LogP contribution in [0.4, 0.5) is 5.69 Å². The van der Waals surface area contributed by atoms with E-state index in [2.05, 4.69) is 52.0 Å². The lowest BCUT2D eigenvalue weighted by atomic mass is 10.1. The van der Waals surface area contributed by atoms with Gasteiger partial charge in [-0.3, -0.25) is 0 Å². The Bertz CT molecular complexity index is 662. The van der Waals surface area contributed by atoms with Crippen LogP contribution in [0.25, 0.3) is 5.69 Å². The minimum Gasteiger partial charge on any atom is -0.383 e. The van der Waals surface area contributed by atoms with Gasteiger partial charge < -0.3 is 5.32 Å². The van der Waals surface area contributed by atoms with Crippen LogP contribution in [0.3, 0.4) is 0 Å². The highest BCUT2D eigenvalue weighted by atomic mass is 15.4. The monoisotopic (exact) mass is 278 g/mol. The van der Waals surface area contributed by atoms with Gasteiger partial charge in [0.1, 0.15) is 0 Å². The third kappa shape index (κ3) is 3.48. The lowest BCUT2D eigenvalue weighted by molar-refractivity contribution is 0.800. The minimum absolute atomic E-state index is 0.931. The number of hydrogen-bond acceptors (Lipinski definition) is 3. The first-order valence-electron chi connectivity index (χ1n) is 7.17. The van der Waals surface area contributed by atoms with Crippen LogP contribution < -0.4 is 5.32 Å². The van der Waals surface area contributed by atoms with Gasteiger partial charge in [0.2, 0.25) is 0 Å². The van der Waals surface area contributed by atoms with E-state index in [1.54, 1.807) is 10.9 Å². The molecule has 3 aromatic rings. The molecule has 4 nitrogen and oxygen atoms in total. The molecule has 0 atom stereocenters. The van der Waals surface area contributed by atoms with Crippen LogP contribution in [-0.4, -0.2) is 21.5 Å². The first-order chi connectivity index (χ1) is 10.4. The number of benzene rings is 2. The highest BCUT2D eigenvalue weighted by Gasteiger charge is 2.03. The maximum Gasteiger partial charge on any atom is 0.0894 e. The van der Waals surface area contributed by atoms with Crippen molar-refractivity contribution in [3.63, 3.8) is 0 Å². The summed E-state index contributed by atoms with van der Waals surface area (Å²) >= 11 is 0. The molecule has 0 amide bonds. The third-order valence-corrected chi connectivity index (χ3v) is 3.37. The van der Waals surface area contributed by atoms with E-state index in [0.29, 0.717) is 0 Å². The number of nitrogens with one attached hydrogen (secondary N) is 1. The minimum atomic E-state index is 0.931. The molecule has 0 bridgehead atoms. The molecule has 21 heavy (non-hydrogen) atoms. The molecule has 0 unspecified atom stereocenters. The number of rotatable bonds is 6. The molecule has 0 aliphatic rings. The molecular formula is C17H18N4. The normalized spacial score (nSPS) is 10.5. The zero-order valence-electron chi connectivity index (χ0n) is 11.8. The van der Waals surface area contributed by atoms with Crippen LogP contribution in [0.1, 0.15) is 12.0 Å². The maximum absolute atomic E-state index is 4.05. The van der Waals surface area contributed by atoms with Crippen LogP contribution in [-0.2, 0) is 6.42 Å². The highest BCUT2D eigenvalue weighted by Crippen LogP contribution is 2.18. The van der Waals surface area contributed by atoms with Gasteiger partial charge in [0.15, 0.2) is 0 Å². The molecular weight excluding hydrogens is 260 g/mol. The van der Waals surface area contributed by atoms with Gasteiger partial charge in [0.05, 0.1) is 23.8 Å². The van der Waals surface area contributed by atoms with E-state index >= 15 is 0 Å². The van der Waals surface area contributed by atoms with Crippen molar-refractivity contribution in [3.8, 4) is 5.69 Å². The molecule has 0 spiro atoms. The van der Waals surface area contributed by atoms with Crippen molar-refractivity contribution in [1.29, 1.82) is 0 Å². The predicted octanol–water partition coefficient (Wildman–Crippen LogP) is 3.31. The molecule has 0 fully saturated rings. The Morgan fingerprint density at radius 3 is 2.57 bits per heavy atom. The third-order valence-electron chi connectivity index (χ3n) is 3.37. The zero-order valence-corrected chi connectivity index (χ0v) is 11.8. The molecule has 106 valence electrons. The van der Waals surface area contributed by atoms with Gasteiger partial charge in [-0.2, -0.15) is 0 Å². The Kier molecular flexibility index (Phi) is 4.27. The lowest BCUT2D eigenvalue weighted by Gasteiger charge is -2.11. The summed E-state index contributed by atoms with van der Waals surface area (Å²) in [5.41, 5.74) is 3.48. The van der Waals surface area contributed by atoms with Crippen LogP contribution in [0.15, 0.2) is 67.0 Å². The Morgan fingerprint density at radius 1 is 0.952 bits per heavy atom. The van der Waals surface area contributed by atoms with Gasteiger partial charge in [-0.15, -0.1) is 5.10 Å². The average molecular weight is 278 g/mol. The summed E-state index contributed by atoms with van der Waals surface area (Å²) < 4.78 is 1.78. The second-order valence-electron chi connectivity index (χ2n) is 4.88. The van der Waals surface area contributed by atoms with Crippen molar-refractivity contribution >= 4 is 5.69 Å². The standard InChI is InChI=1S/C17H18N4/c1-2-7-15(8-3-1)9-6-12-18-16-10-4-5-11-17(16)21-14-13-19-20-21/h1-5,7-8,10-11,13-14,18H,6,9,12H2. The first kappa shape index (κ1) is 13.4. The topological polar surface area (TPSA) is 42.7 Å². The van der Waals surface area contributed by atoms with E-state index < -0.39 is 0 Å². The fourth-order valence-corrected chi connectivity index (χ4v) is 2.32. The largest absolute Gasteiger partial charge is 0.383 e. The lowest BCUT2D eigenvalue weighted by Crippen LogP contribution is -2.07. The van der Waals surface area contributed by atoms with Gasteiger partial charge in [-0.1, -0.05) is 47.7 Å². The van der Waals surface area contributed by atoms with Crippen molar-refractivity contribution in [3.05, 3.63) is 72.6 Å². The summed E-state index contributed by atoms with van der Waals surface area (Å²) in [5, 5.41) is 11.4. The summed E-state index contributed by atoms with van der Waals surface area (Å²) in [7, 11) is 0. The molecule has 1 heterocycles. The number of para-hydroxylation sites is 2. The molecule has 4 heteroatoms. The van der Waals surface area contributed by atoms with Gasteiger partial charge in [0, 0.05) is 6.54 Å². The quantitative estimate of drug-likeness (QED) is 0.703. The van der Waals surface area contributed by atoms with Gasteiger partial charge in [-0.05, 0) is 30.5 Å². The van der Waals surface area contributed by atoms with Gasteiger partial charge in [0.25, 0.3) is 0 Å². The van der Waals surface area contributed by atoms with E-state index in [1.165, 1.54) is 5.56 Å². The molecule has 1 N–H and O–H groups in total. The highest BCUT2D eigenvalue weighted by molar-refractivity contribution is 5.60. The first-order valence-corrected chi connectivity index (χ1v) is 7.17. The second-order valence-corrected chi connectivity index (χ2v) is 4.88. The number of anilines is 1. The summed E-state index contributed by atoms with van der Waals surface area (Å²) in [6.07, 6.45) is 5.71. The fraction of sp³-hybridized carbons (Fsp3) is 0.176. The van der Waals surface area contributed by atoms with Crippen molar-refractivity contribution in [2.75, 3.05) is 11.9 Å². The molecule has 3 rings (SSSR count). The Hall–Kier alpha value is -2.62. The zero-order chi connectivity index (χ0) is 14.3. The summed E-state index contributed by atoms with van der Waals surface area (Å²) in [4.78, 5) is 0. The van der Waals surface area contributed by atoms with Crippen molar-refractivity contribution in [2.24, 2.45) is 0 Å². The molecule has 0 radical (unpaired) electrons. The Labute approximate surface area is 124 Å². The number of hydrogen-bond donors (Lipinski definition) is 1. The van der Waals surface area contributed by atoms with Gasteiger partial charge in [-0.25, -0.2) is 4.68 Å². The summed E-state index contributed by atoms with van der Waals surface area (Å²) in [6, 6.07) is 18.7. The van der Waals surface area contributed by atoms with Crippen molar-refractivity contribution in [1.82, 2.24) is 15.0 Å².